The minimum Gasteiger partial charge on any atom is -0.258 e. The van der Waals surface area contributed by atoms with Gasteiger partial charge in [-0.2, -0.15) is 0 Å². The van der Waals surface area contributed by atoms with Gasteiger partial charge in [0.1, 0.15) is 0 Å². The van der Waals surface area contributed by atoms with E-state index in [9.17, 15) is 0 Å². The lowest BCUT2D eigenvalue weighted by Gasteiger charge is -2.03. The van der Waals surface area contributed by atoms with Gasteiger partial charge in [0.15, 0.2) is 0 Å². The van der Waals surface area contributed by atoms with E-state index in [4.69, 9.17) is 23.2 Å². The quantitative estimate of drug-likeness (QED) is 0.716. The van der Waals surface area contributed by atoms with E-state index in [2.05, 4.69) is 4.98 Å². The molecule has 3 heteroatoms. The Labute approximate surface area is 98.7 Å². The van der Waals surface area contributed by atoms with Gasteiger partial charge < -0.3 is 0 Å². The minimum absolute atomic E-state index is 0.341. The van der Waals surface area contributed by atoms with Crippen LogP contribution in [0.25, 0.3) is 11.1 Å². The van der Waals surface area contributed by atoms with E-state index in [0.717, 1.165) is 16.8 Å². The molecular weight excluding hydrogens is 229 g/mol. The van der Waals surface area contributed by atoms with Gasteiger partial charge in [0, 0.05) is 11.8 Å². The Hall–Kier alpha value is -1.05. The lowest BCUT2D eigenvalue weighted by molar-refractivity contribution is 1.17. The van der Waals surface area contributed by atoms with Crippen LogP contribution in [-0.2, 0) is 5.88 Å². The van der Waals surface area contributed by atoms with Gasteiger partial charge >= 0.3 is 0 Å². The summed E-state index contributed by atoms with van der Waals surface area (Å²) in [7, 11) is 0. The third-order valence-electron chi connectivity index (χ3n) is 2.15. The Morgan fingerprint density at radius 1 is 1.07 bits per heavy atom. The molecule has 1 aromatic heterocycles. The largest absolute Gasteiger partial charge is 0.258 e. The van der Waals surface area contributed by atoms with Crippen LogP contribution >= 0.6 is 23.2 Å². The molecule has 0 saturated heterocycles. The Bertz CT molecular complexity index is 454. The average molecular weight is 238 g/mol. The molecule has 0 amide bonds. The molecule has 0 bridgehead atoms. The lowest BCUT2D eigenvalue weighted by Crippen LogP contribution is -1.88. The standard InChI is InChI=1S/C12H9Cl2N/c13-7-12-11(14)6-10(8-15-12)9-4-2-1-3-5-9/h1-6,8H,7H2. The molecule has 0 spiro atoms. The summed E-state index contributed by atoms with van der Waals surface area (Å²) < 4.78 is 0. The van der Waals surface area contributed by atoms with Crippen molar-refractivity contribution in [2.45, 2.75) is 5.88 Å². The van der Waals surface area contributed by atoms with Gasteiger partial charge in [0.25, 0.3) is 0 Å². The van der Waals surface area contributed by atoms with Crippen LogP contribution < -0.4 is 0 Å². The molecule has 15 heavy (non-hydrogen) atoms. The summed E-state index contributed by atoms with van der Waals surface area (Å²) in [6.45, 7) is 0. The topological polar surface area (TPSA) is 12.9 Å². The molecule has 0 atom stereocenters. The fraction of sp³-hybridized carbons (Fsp3) is 0.0833. The summed E-state index contributed by atoms with van der Waals surface area (Å²) in [4.78, 5) is 4.21. The first-order valence-corrected chi connectivity index (χ1v) is 5.48. The third-order valence-corrected chi connectivity index (χ3v) is 2.73. The van der Waals surface area contributed by atoms with Gasteiger partial charge in [-0.15, -0.1) is 11.6 Å². The maximum absolute atomic E-state index is 6.03. The summed E-state index contributed by atoms with van der Waals surface area (Å²) in [5, 5.41) is 0.617. The maximum atomic E-state index is 6.03. The number of rotatable bonds is 2. The molecule has 0 N–H and O–H groups in total. The maximum Gasteiger partial charge on any atom is 0.0737 e. The average Bonchev–Trinajstić information content (AvgIpc) is 2.30. The molecule has 1 heterocycles. The molecular formula is C12H9Cl2N. The minimum atomic E-state index is 0.341. The zero-order valence-electron chi connectivity index (χ0n) is 7.95. The second-order valence-electron chi connectivity index (χ2n) is 3.15. The summed E-state index contributed by atoms with van der Waals surface area (Å²) in [5.41, 5.74) is 2.83. The zero-order chi connectivity index (χ0) is 10.7. The summed E-state index contributed by atoms with van der Waals surface area (Å²) >= 11 is 11.7. The van der Waals surface area contributed by atoms with Crippen LogP contribution in [0.15, 0.2) is 42.6 Å². The van der Waals surface area contributed by atoms with Crippen molar-refractivity contribution in [1.82, 2.24) is 4.98 Å². The monoisotopic (exact) mass is 237 g/mol. The zero-order valence-corrected chi connectivity index (χ0v) is 9.46. The highest BCUT2D eigenvalue weighted by atomic mass is 35.5. The van der Waals surface area contributed by atoms with E-state index in [-0.39, 0.29) is 0 Å². The normalized spacial score (nSPS) is 10.3. The second kappa shape index (κ2) is 4.65. The number of benzene rings is 1. The third kappa shape index (κ3) is 2.31. The smallest absolute Gasteiger partial charge is 0.0737 e. The molecule has 0 aliphatic carbocycles. The van der Waals surface area contributed by atoms with E-state index in [1.807, 2.05) is 36.4 Å². The molecule has 0 unspecified atom stereocenters. The van der Waals surface area contributed by atoms with Crippen molar-refractivity contribution < 1.29 is 0 Å². The van der Waals surface area contributed by atoms with Crippen molar-refractivity contribution in [3.63, 3.8) is 0 Å². The van der Waals surface area contributed by atoms with E-state index < -0.39 is 0 Å². The van der Waals surface area contributed by atoms with Crippen molar-refractivity contribution in [1.29, 1.82) is 0 Å². The van der Waals surface area contributed by atoms with Gasteiger partial charge in [-0.3, -0.25) is 4.98 Å². The van der Waals surface area contributed by atoms with Crippen LogP contribution in [0.1, 0.15) is 5.69 Å². The van der Waals surface area contributed by atoms with Gasteiger partial charge in [0.05, 0.1) is 16.6 Å². The number of aromatic nitrogens is 1. The molecule has 0 aliphatic rings. The number of hydrogen-bond acceptors (Lipinski definition) is 1. The van der Waals surface area contributed by atoms with Crippen LogP contribution in [0.5, 0.6) is 0 Å². The molecule has 76 valence electrons. The molecule has 0 radical (unpaired) electrons. The van der Waals surface area contributed by atoms with Crippen LogP contribution in [0.2, 0.25) is 5.02 Å². The molecule has 1 nitrogen and oxygen atoms in total. The number of nitrogens with zero attached hydrogens (tertiary/aromatic N) is 1. The second-order valence-corrected chi connectivity index (χ2v) is 3.83. The highest BCUT2D eigenvalue weighted by molar-refractivity contribution is 6.32. The molecule has 1 aromatic carbocycles. The van der Waals surface area contributed by atoms with Crippen molar-refractivity contribution in [2.24, 2.45) is 0 Å². The number of pyridine rings is 1. The molecule has 2 rings (SSSR count). The van der Waals surface area contributed by atoms with E-state index >= 15 is 0 Å². The Morgan fingerprint density at radius 2 is 1.80 bits per heavy atom. The molecule has 0 saturated carbocycles. The molecule has 0 fully saturated rings. The first-order chi connectivity index (χ1) is 7.31. The predicted molar refractivity (Wildman–Crippen MR) is 64.2 cm³/mol. The van der Waals surface area contributed by atoms with Crippen molar-refractivity contribution >= 4 is 23.2 Å². The Balaban J connectivity index is 2.43. The summed E-state index contributed by atoms with van der Waals surface area (Å²) in [6.07, 6.45) is 1.79. The summed E-state index contributed by atoms with van der Waals surface area (Å²) in [5.74, 6) is 0.341. The highest BCUT2D eigenvalue weighted by Gasteiger charge is 2.03. The first kappa shape index (κ1) is 10.5. The molecule has 0 aliphatic heterocycles. The fourth-order valence-electron chi connectivity index (χ4n) is 1.35. The number of hydrogen-bond donors (Lipinski definition) is 0. The van der Waals surface area contributed by atoms with Crippen LogP contribution in [0.3, 0.4) is 0 Å². The van der Waals surface area contributed by atoms with Gasteiger partial charge in [-0.05, 0) is 11.6 Å². The number of halogens is 2. The molecule has 2 aromatic rings. The summed E-state index contributed by atoms with van der Waals surface area (Å²) in [6, 6.07) is 11.9. The Kier molecular flexibility index (Phi) is 3.24. The van der Waals surface area contributed by atoms with E-state index in [0.29, 0.717) is 10.9 Å². The number of alkyl halides is 1. The van der Waals surface area contributed by atoms with Crippen LogP contribution in [0, 0.1) is 0 Å². The van der Waals surface area contributed by atoms with Crippen LogP contribution in [-0.4, -0.2) is 4.98 Å². The van der Waals surface area contributed by atoms with Gasteiger partial charge in [-0.1, -0.05) is 41.9 Å². The Morgan fingerprint density at radius 3 is 2.40 bits per heavy atom. The van der Waals surface area contributed by atoms with Gasteiger partial charge in [-0.25, -0.2) is 0 Å². The van der Waals surface area contributed by atoms with Gasteiger partial charge in [0.2, 0.25) is 0 Å². The van der Waals surface area contributed by atoms with Crippen molar-refractivity contribution in [2.75, 3.05) is 0 Å². The predicted octanol–water partition coefficient (Wildman–Crippen LogP) is 4.14. The fourth-order valence-corrected chi connectivity index (χ4v) is 1.87. The van der Waals surface area contributed by atoms with E-state index in [1.165, 1.54) is 0 Å². The van der Waals surface area contributed by atoms with Crippen molar-refractivity contribution in [3.05, 3.63) is 53.3 Å². The highest BCUT2D eigenvalue weighted by Crippen LogP contribution is 2.24. The van der Waals surface area contributed by atoms with Crippen LogP contribution in [0.4, 0.5) is 0 Å². The lowest BCUT2D eigenvalue weighted by atomic mass is 10.1. The van der Waals surface area contributed by atoms with E-state index in [1.54, 1.807) is 6.20 Å². The SMILES string of the molecule is ClCc1ncc(-c2ccccc2)cc1Cl. The first-order valence-electron chi connectivity index (χ1n) is 4.57. The van der Waals surface area contributed by atoms with Crippen molar-refractivity contribution in [3.8, 4) is 11.1 Å².